The maximum Gasteiger partial charge on any atom is 0.180 e. The van der Waals surface area contributed by atoms with Crippen LogP contribution in [0.4, 0.5) is 0 Å². The van der Waals surface area contributed by atoms with Gasteiger partial charge in [0, 0.05) is 29.2 Å². The Morgan fingerprint density at radius 1 is 0.968 bits per heavy atom. The van der Waals surface area contributed by atoms with Gasteiger partial charge in [-0.1, -0.05) is 37.5 Å². The van der Waals surface area contributed by atoms with E-state index in [1.807, 2.05) is 13.0 Å². The van der Waals surface area contributed by atoms with Gasteiger partial charge in [-0.25, -0.2) is 8.42 Å². The molecule has 2 heterocycles. The van der Waals surface area contributed by atoms with Gasteiger partial charge in [0.25, 0.3) is 0 Å². The molecule has 6 heteroatoms. The molecule has 0 saturated heterocycles. The topological polar surface area (TPSA) is 59.9 Å². The van der Waals surface area contributed by atoms with Crippen LogP contribution in [0.25, 0.3) is 22.4 Å². The molecule has 0 unspecified atom stereocenters. The van der Waals surface area contributed by atoms with Gasteiger partial charge < -0.3 is 0 Å². The smallest absolute Gasteiger partial charge is 0.180 e. The quantitative estimate of drug-likeness (QED) is 0.426. The predicted octanol–water partition coefficient (Wildman–Crippen LogP) is 6.69. The number of nitrogens with zero attached hydrogens (tertiary/aromatic N) is 2. The monoisotopic (exact) mass is 459 g/mol. The summed E-state index contributed by atoms with van der Waals surface area (Å²) in [6, 6.07) is 1.07. The molecule has 4 nitrogen and oxygen atoms in total. The lowest BCUT2D eigenvalue weighted by molar-refractivity contribution is 0.587. The number of benzene rings is 1. The van der Waals surface area contributed by atoms with Gasteiger partial charge in [-0.3, -0.25) is 9.97 Å². The van der Waals surface area contributed by atoms with E-state index in [1.165, 1.54) is 27.0 Å². The lowest BCUT2D eigenvalue weighted by Crippen LogP contribution is -2.15. The first-order valence-corrected chi connectivity index (χ1v) is 12.1. The number of pyridine rings is 2. The number of hydrogen-bond acceptors (Lipinski definition) is 4. The summed E-state index contributed by atoms with van der Waals surface area (Å²) >= 11 is 6.41. The number of rotatable bonds is 5. The highest BCUT2D eigenvalue weighted by Gasteiger charge is 2.23. The normalized spacial score (nSPS) is 13.4. The molecule has 2 aromatic heterocycles. The third kappa shape index (κ3) is 4.39. The van der Waals surface area contributed by atoms with Crippen molar-refractivity contribution in [1.29, 1.82) is 0 Å². The second kappa shape index (κ2) is 8.71. The first-order valence-electron chi connectivity index (χ1n) is 11.7. The van der Waals surface area contributed by atoms with Crippen LogP contribution in [0.3, 0.4) is 0 Å². The molecule has 0 aliphatic heterocycles. The number of hydrogen-bond donors (Lipinski definition) is 0. The van der Waals surface area contributed by atoms with Gasteiger partial charge in [0.2, 0.25) is 0 Å². The van der Waals surface area contributed by atoms with Crippen LogP contribution in [0.2, 0.25) is 5.02 Å². The second-order valence-corrected chi connectivity index (χ2v) is 11.2. The summed E-state index contributed by atoms with van der Waals surface area (Å²) in [6.45, 7) is 12.4. The standard InChI is InChI=1S/C25H29ClN2O2S/c1-14(2)24-17(6)11-20(12-27-24)25-23(18(7)21(26)13-28-25)19-8-9-22(16(5)10-19)31(29,30)15(3)4/h8-15H,1-7H3/i8D,9D,10D. The average Bonchev–Trinajstić information content (AvgIpc) is 2.75. The summed E-state index contributed by atoms with van der Waals surface area (Å²) in [7, 11) is -3.86. The Labute approximate surface area is 194 Å². The maximum atomic E-state index is 12.9. The molecule has 1 aromatic carbocycles. The van der Waals surface area contributed by atoms with Crippen LogP contribution in [0.1, 0.15) is 60.1 Å². The minimum Gasteiger partial charge on any atom is -0.260 e. The highest BCUT2D eigenvalue weighted by Crippen LogP contribution is 2.38. The van der Waals surface area contributed by atoms with Crippen molar-refractivity contribution in [3.8, 4) is 22.4 Å². The second-order valence-electron chi connectivity index (χ2n) is 8.33. The van der Waals surface area contributed by atoms with E-state index in [4.69, 9.17) is 15.7 Å². The molecule has 0 fully saturated rings. The van der Waals surface area contributed by atoms with E-state index in [0.717, 1.165) is 11.3 Å². The minimum atomic E-state index is -3.86. The molecule has 3 rings (SSSR count). The Morgan fingerprint density at radius 2 is 1.65 bits per heavy atom. The van der Waals surface area contributed by atoms with Crippen molar-refractivity contribution in [2.75, 3.05) is 0 Å². The van der Waals surface area contributed by atoms with Gasteiger partial charge in [-0.15, -0.1) is 0 Å². The molecule has 0 bridgehead atoms. The van der Waals surface area contributed by atoms with Crippen LogP contribution < -0.4 is 0 Å². The first kappa shape index (κ1) is 19.4. The zero-order valence-electron chi connectivity index (χ0n) is 21.9. The van der Waals surface area contributed by atoms with E-state index in [-0.39, 0.29) is 34.0 Å². The summed E-state index contributed by atoms with van der Waals surface area (Å²) in [6.07, 6.45) is 3.22. The van der Waals surface area contributed by atoms with Crippen LogP contribution >= 0.6 is 11.6 Å². The third-order valence-electron chi connectivity index (χ3n) is 5.33. The Kier molecular flexibility index (Phi) is 5.47. The summed E-state index contributed by atoms with van der Waals surface area (Å²) < 4.78 is 52.0. The minimum absolute atomic E-state index is 0.128. The Hall–Kier alpha value is -2.24. The molecular formula is C25H29ClN2O2S. The van der Waals surface area contributed by atoms with Crippen molar-refractivity contribution in [2.24, 2.45) is 0 Å². The summed E-state index contributed by atoms with van der Waals surface area (Å²) in [5.74, 6) is 0.247. The molecule has 0 spiro atoms. The molecule has 0 atom stereocenters. The molecule has 164 valence electrons. The van der Waals surface area contributed by atoms with Crippen molar-refractivity contribution in [2.45, 2.75) is 64.5 Å². The molecule has 0 aliphatic carbocycles. The SMILES string of the molecule is [2H]c1c([2H])c(S(=O)(=O)C(C)C)c(C)c([2H])c1-c1c(-c2cnc(C(C)C)c(C)c2)ncc(Cl)c1C. The molecule has 0 aliphatic rings. The van der Waals surface area contributed by atoms with Gasteiger partial charge in [0.15, 0.2) is 9.84 Å². The molecule has 31 heavy (non-hydrogen) atoms. The highest BCUT2D eigenvalue weighted by molar-refractivity contribution is 7.92. The maximum absolute atomic E-state index is 12.9. The van der Waals surface area contributed by atoms with Gasteiger partial charge in [0.1, 0.15) is 0 Å². The van der Waals surface area contributed by atoms with E-state index in [9.17, 15) is 8.42 Å². The van der Waals surface area contributed by atoms with Gasteiger partial charge in [-0.05, 0) is 74.9 Å². The van der Waals surface area contributed by atoms with Gasteiger partial charge in [0.05, 0.1) is 25.0 Å². The van der Waals surface area contributed by atoms with Crippen LogP contribution in [0, 0.1) is 20.8 Å². The lowest BCUT2D eigenvalue weighted by Gasteiger charge is -2.17. The van der Waals surface area contributed by atoms with Crippen molar-refractivity contribution in [3.63, 3.8) is 0 Å². The number of aryl methyl sites for hydroxylation is 1. The lowest BCUT2D eigenvalue weighted by atomic mass is 9.94. The van der Waals surface area contributed by atoms with Crippen molar-refractivity contribution >= 4 is 21.4 Å². The zero-order chi connectivity index (χ0) is 25.7. The summed E-state index contributed by atoms with van der Waals surface area (Å²) in [5, 5.41) is -0.428. The Morgan fingerprint density at radius 3 is 2.23 bits per heavy atom. The van der Waals surface area contributed by atoms with Gasteiger partial charge >= 0.3 is 0 Å². The third-order valence-corrected chi connectivity index (χ3v) is 7.92. The number of sulfone groups is 1. The highest BCUT2D eigenvalue weighted by atomic mass is 35.5. The predicted molar refractivity (Wildman–Crippen MR) is 129 cm³/mol. The van der Waals surface area contributed by atoms with Gasteiger partial charge in [-0.2, -0.15) is 0 Å². The van der Waals surface area contributed by atoms with E-state index in [0.29, 0.717) is 27.4 Å². The molecule has 0 saturated carbocycles. The molecule has 3 aromatic rings. The van der Waals surface area contributed by atoms with Crippen LogP contribution in [0.15, 0.2) is 41.5 Å². The van der Waals surface area contributed by atoms with E-state index in [2.05, 4.69) is 23.8 Å². The van der Waals surface area contributed by atoms with Crippen molar-refractivity contribution in [1.82, 2.24) is 9.97 Å². The van der Waals surface area contributed by atoms with E-state index in [1.54, 1.807) is 13.1 Å². The van der Waals surface area contributed by atoms with Crippen molar-refractivity contribution < 1.29 is 12.5 Å². The first-order chi connectivity index (χ1) is 15.7. The summed E-state index contributed by atoms with van der Waals surface area (Å²) in [4.78, 5) is 8.86. The fourth-order valence-electron chi connectivity index (χ4n) is 3.56. The molecule has 0 amide bonds. The van der Waals surface area contributed by atoms with Crippen LogP contribution in [-0.2, 0) is 9.84 Å². The number of halogens is 1. The number of aromatic nitrogens is 2. The Balaban J connectivity index is 2.43. The molecule has 0 radical (unpaired) electrons. The zero-order valence-corrected chi connectivity index (χ0v) is 20.5. The average molecular weight is 460 g/mol. The fraction of sp³-hybridized carbons (Fsp3) is 0.360. The summed E-state index contributed by atoms with van der Waals surface area (Å²) in [5.41, 5.74) is 4.43. The van der Waals surface area contributed by atoms with E-state index >= 15 is 0 Å². The van der Waals surface area contributed by atoms with E-state index < -0.39 is 21.1 Å². The fourth-order valence-corrected chi connectivity index (χ4v) is 4.84. The Bertz CT molecular complexity index is 1370. The van der Waals surface area contributed by atoms with Crippen LogP contribution in [0.5, 0.6) is 0 Å². The molecular weight excluding hydrogens is 428 g/mol. The van der Waals surface area contributed by atoms with Crippen molar-refractivity contribution in [3.05, 3.63) is 64.0 Å². The molecule has 0 N–H and O–H groups in total. The van der Waals surface area contributed by atoms with Crippen LogP contribution in [-0.4, -0.2) is 23.6 Å². The largest absolute Gasteiger partial charge is 0.260 e.